The van der Waals surface area contributed by atoms with Gasteiger partial charge in [0.05, 0.1) is 0 Å². The van der Waals surface area contributed by atoms with E-state index >= 15 is 0 Å². The highest BCUT2D eigenvalue weighted by Crippen LogP contribution is 2.27. The molecule has 124 valence electrons. The minimum Gasteiger partial charge on any atom is -0.346 e. The Morgan fingerprint density at radius 2 is 1.96 bits per heavy atom. The summed E-state index contributed by atoms with van der Waals surface area (Å²) in [5.74, 6) is 0.930. The summed E-state index contributed by atoms with van der Waals surface area (Å²) < 4.78 is 0. The van der Waals surface area contributed by atoms with Gasteiger partial charge in [-0.25, -0.2) is 4.98 Å². The van der Waals surface area contributed by atoms with Crippen LogP contribution in [0.3, 0.4) is 0 Å². The summed E-state index contributed by atoms with van der Waals surface area (Å²) in [4.78, 5) is 12.3. The van der Waals surface area contributed by atoms with E-state index in [1.165, 1.54) is 60.7 Å². The van der Waals surface area contributed by atoms with Gasteiger partial charge in [0.15, 0.2) is 0 Å². The molecule has 0 saturated heterocycles. The maximum atomic E-state index is 4.70. The maximum absolute atomic E-state index is 4.70. The fourth-order valence-corrected chi connectivity index (χ4v) is 3.91. The molecule has 0 amide bonds. The van der Waals surface area contributed by atoms with Crippen molar-refractivity contribution in [1.82, 2.24) is 15.0 Å². The van der Waals surface area contributed by atoms with Crippen LogP contribution in [-0.2, 0) is 12.8 Å². The lowest BCUT2D eigenvalue weighted by atomic mass is 9.86. The first kappa shape index (κ1) is 15.4. The van der Waals surface area contributed by atoms with Crippen molar-refractivity contribution in [2.45, 2.75) is 51.4 Å². The molecule has 3 nitrogen and oxygen atoms in total. The van der Waals surface area contributed by atoms with E-state index in [4.69, 9.17) is 4.98 Å². The predicted octanol–water partition coefficient (Wildman–Crippen LogP) is 5.06. The number of aryl methyl sites for hydroxylation is 1. The van der Waals surface area contributed by atoms with Gasteiger partial charge >= 0.3 is 0 Å². The van der Waals surface area contributed by atoms with E-state index < -0.39 is 0 Å². The molecule has 0 bridgehead atoms. The fraction of sp³-hybridized carbons (Fsp3) is 0.429. The number of rotatable bonds is 5. The zero-order valence-corrected chi connectivity index (χ0v) is 14.2. The molecule has 0 radical (unpaired) electrons. The molecule has 3 aromatic rings. The van der Waals surface area contributed by atoms with Crippen LogP contribution >= 0.6 is 0 Å². The van der Waals surface area contributed by atoms with E-state index in [-0.39, 0.29) is 0 Å². The van der Waals surface area contributed by atoms with Crippen LogP contribution in [0.4, 0.5) is 0 Å². The number of hydrogen-bond acceptors (Lipinski definition) is 2. The predicted molar refractivity (Wildman–Crippen MR) is 98.0 cm³/mol. The quantitative estimate of drug-likeness (QED) is 0.714. The number of nitrogens with zero attached hydrogens (tertiary/aromatic N) is 2. The van der Waals surface area contributed by atoms with Gasteiger partial charge in [0.2, 0.25) is 0 Å². The summed E-state index contributed by atoms with van der Waals surface area (Å²) in [6.07, 6.45) is 16.4. The van der Waals surface area contributed by atoms with Crippen molar-refractivity contribution in [3.63, 3.8) is 0 Å². The van der Waals surface area contributed by atoms with Crippen molar-refractivity contribution in [2.24, 2.45) is 5.92 Å². The smallest absolute Gasteiger partial charge is 0.137 e. The van der Waals surface area contributed by atoms with E-state index in [0.29, 0.717) is 0 Å². The topological polar surface area (TPSA) is 41.6 Å². The van der Waals surface area contributed by atoms with Gasteiger partial charge in [-0.2, -0.15) is 0 Å². The van der Waals surface area contributed by atoms with Gasteiger partial charge < -0.3 is 4.98 Å². The van der Waals surface area contributed by atoms with Crippen LogP contribution in [-0.4, -0.2) is 15.0 Å². The van der Waals surface area contributed by atoms with Gasteiger partial charge in [-0.1, -0.05) is 38.2 Å². The van der Waals surface area contributed by atoms with Crippen LogP contribution in [0.2, 0.25) is 0 Å². The average Bonchev–Trinajstić information content (AvgIpc) is 3.05. The average molecular weight is 319 g/mol. The van der Waals surface area contributed by atoms with Crippen LogP contribution in [0.25, 0.3) is 11.0 Å². The zero-order chi connectivity index (χ0) is 16.2. The normalized spacial score (nSPS) is 15.8. The number of nitrogens with one attached hydrogen (secondary N) is 1. The number of fused-ring (bicyclic) bond motifs is 1. The Morgan fingerprint density at radius 1 is 1.04 bits per heavy atom. The van der Waals surface area contributed by atoms with Crippen LogP contribution < -0.4 is 0 Å². The summed E-state index contributed by atoms with van der Waals surface area (Å²) in [7, 11) is 0. The highest BCUT2D eigenvalue weighted by Gasteiger charge is 2.13. The first-order valence-electron chi connectivity index (χ1n) is 9.23. The van der Waals surface area contributed by atoms with Gasteiger partial charge in [-0.05, 0) is 48.1 Å². The third-order valence-corrected chi connectivity index (χ3v) is 5.35. The molecule has 3 aromatic heterocycles. The first-order valence-corrected chi connectivity index (χ1v) is 9.23. The van der Waals surface area contributed by atoms with Gasteiger partial charge in [0.1, 0.15) is 5.65 Å². The van der Waals surface area contributed by atoms with Crippen molar-refractivity contribution in [1.29, 1.82) is 0 Å². The lowest BCUT2D eigenvalue weighted by Gasteiger charge is -2.21. The highest BCUT2D eigenvalue weighted by molar-refractivity contribution is 5.79. The summed E-state index contributed by atoms with van der Waals surface area (Å²) in [5, 5.41) is 1.21. The second-order valence-electron chi connectivity index (χ2n) is 7.09. The SMILES string of the molecule is c1cnc2[nH]cc(Cc3ccc(CCC4CCCCC4)nc3)c2c1. The van der Waals surface area contributed by atoms with E-state index in [1.54, 1.807) is 0 Å². The molecule has 1 aliphatic rings. The monoisotopic (exact) mass is 319 g/mol. The van der Waals surface area contributed by atoms with Gasteiger partial charge in [0.25, 0.3) is 0 Å². The van der Waals surface area contributed by atoms with Gasteiger partial charge in [0, 0.05) is 36.1 Å². The van der Waals surface area contributed by atoms with Crippen molar-refractivity contribution in [2.75, 3.05) is 0 Å². The Hall–Kier alpha value is -2.16. The Labute approximate surface area is 143 Å². The highest BCUT2D eigenvalue weighted by atomic mass is 14.8. The van der Waals surface area contributed by atoms with Crippen molar-refractivity contribution in [3.05, 3.63) is 59.7 Å². The Bertz CT molecular complexity index is 782. The molecule has 1 N–H and O–H groups in total. The van der Waals surface area contributed by atoms with Crippen LogP contribution in [0.15, 0.2) is 42.9 Å². The second kappa shape index (κ2) is 7.16. The van der Waals surface area contributed by atoms with Crippen molar-refractivity contribution >= 4 is 11.0 Å². The molecule has 0 aliphatic heterocycles. The molecule has 3 heterocycles. The maximum Gasteiger partial charge on any atom is 0.137 e. The van der Waals surface area contributed by atoms with Gasteiger partial charge in [-0.15, -0.1) is 0 Å². The minimum atomic E-state index is 0.904. The minimum absolute atomic E-state index is 0.904. The third kappa shape index (κ3) is 3.50. The molecule has 0 unspecified atom stereocenters. The Kier molecular flexibility index (Phi) is 4.59. The number of aromatic amines is 1. The molecule has 1 aliphatic carbocycles. The van der Waals surface area contributed by atoms with Crippen molar-refractivity contribution < 1.29 is 0 Å². The number of hydrogen-bond donors (Lipinski definition) is 1. The molecule has 1 fully saturated rings. The first-order chi connectivity index (χ1) is 11.9. The fourth-order valence-electron chi connectivity index (χ4n) is 3.91. The van der Waals surface area contributed by atoms with E-state index in [2.05, 4.69) is 34.4 Å². The van der Waals surface area contributed by atoms with E-state index in [0.717, 1.165) is 24.4 Å². The molecular formula is C21H25N3. The molecule has 0 spiro atoms. The molecule has 24 heavy (non-hydrogen) atoms. The van der Waals surface area contributed by atoms with Crippen LogP contribution in [0, 0.1) is 5.92 Å². The van der Waals surface area contributed by atoms with E-state index in [1.807, 2.05) is 18.5 Å². The third-order valence-electron chi connectivity index (χ3n) is 5.35. The Balaban J connectivity index is 1.38. The summed E-state index contributed by atoms with van der Waals surface area (Å²) in [5.41, 5.74) is 4.76. The molecule has 4 rings (SSSR count). The molecule has 0 atom stereocenters. The standard InChI is InChI=1S/C21H25N3/c1-2-5-16(6-3-1)8-10-19-11-9-17(14-23-19)13-18-15-24-21-20(18)7-4-12-22-21/h4,7,9,11-12,14-16H,1-3,5-6,8,10,13H2,(H,22,24). The zero-order valence-electron chi connectivity index (χ0n) is 14.2. The lowest BCUT2D eigenvalue weighted by molar-refractivity contribution is 0.338. The second-order valence-corrected chi connectivity index (χ2v) is 7.09. The molecule has 3 heteroatoms. The van der Waals surface area contributed by atoms with Crippen LogP contribution in [0.1, 0.15) is 55.3 Å². The molecule has 1 saturated carbocycles. The largest absolute Gasteiger partial charge is 0.346 e. The van der Waals surface area contributed by atoms with E-state index in [9.17, 15) is 0 Å². The lowest BCUT2D eigenvalue weighted by Crippen LogP contribution is -2.07. The summed E-state index contributed by atoms with van der Waals surface area (Å²) >= 11 is 0. The van der Waals surface area contributed by atoms with Gasteiger partial charge in [-0.3, -0.25) is 4.98 Å². The number of H-pyrrole nitrogens is 1. The van der Waals surface area contributed by atoms with Crippen LogP contribution in [0.5, 0.6) is 0 Å². The molecule has 0 aromatic carbocycles. The summed E-state index contributed by atoms with van der Waals surface area (Å²) in [6.45, 7) is 0. The summed E-state index contributed by atoms with van der Waals surface area (Å²) in [6, 6.07) is 8.57. The molecular weight excluding hydrogens is 294 g/mol. The Morgan fingerprint density at radius 3 is 2.79 bits per heavy atom. The number of pyridine rings is 2. The number of aromatic nitrogens is 3. The van der Waals surface area contributed by atoms with Crippen molar-refractivity contribution in [3.8, 4) is 0 Å².